The summed E-state index contributed by atoms with van der Waals surface area (Å²) in [6.07, 6.45) is 1.45. The molecule has 0 saturated carbocycles. The van der Waals surface area contributed by atoms with Gasteiger partial charge in [0.25, 0.3) is 5.91 Å². The van der Waals surface area contributed by atoms with Crippen molar-refractivity contribution in [3.8, 4) is 0 Å². The molecule has 0 aromatic rings. The van der Waals surface area contributed by atoms with Crippen LogP contribution in [0.4, 0.5) is 4.79 Å². The van der Waals surface area contributed by atoms with E-state index in [2.05, 4.69) is 10.6 Å². The first kappa shape index (κ1) is 14.7. The van der Waals surface area contributed by atoms with E-state index in [1.54, 1.807) is 19.9 Å². The van der Waals surface area contributed by atoms with E-state index >= 15 is 0 Å². The van der Waals surface area contributed by atoms with Crippen LogP contribution in [0.2, 0.25) is 0 Å². The Hall–Kier alpha value is -1.40. The van der Waals surface area contributed by atoms with E-state index in [1.807, 2.05) is 13.8 Å². The van der Waals surface area contributed by atoms with Crippen LogP contribution in [0.5, 0.6) is 0 Å². The number of nitrogens with one attached hydrogen (secondary N) is 2. The Morgan fingerprint density at radius 3 is 2.61 bits per heavy atom. The number of imide groups is 1. The molecule has 0 aromatic carbocycles. The number of ether oxygens (including phenoxy) is 2. The van der Waals surface area contributed by atoms with Crippen LogP contribution in [0, 0.1) is 0 Å². The van der Waals surface area contributed by atoms with Crippen LogP contribution in [0.1, 0.15) is 27.7 Å². The van der Waals surface area contributed by atoms with Crippen LogP contribution in [-0.4, -0.2) is 37.0 Å². The van der Waals surface area contributed by atoms with Crippen molar-refractivity contribution in [1.29, 1.82) is 0 Å². The Bertz CT molecular complexity index is 363. The van der Waals surface area contributed by atoms with Gasteiger partial charge in [0.05, 0.1) is 6.61 Å². The van der Waals surface area contributed by atoms with Gasteiger partial charge in [-0.1, -0.05) is 6.08 Å². The Balaban J connectivity index is 2.28. The van der Waals surface area contributed by atoms with Crippen molar-refractivity contribution >= 4 is 11.9 Å². The maximum atomic E-state index is 11.4. The van der Waals surface area contributed by atoms with Crippen LogP contribution in [-0.2, 0) is 14.3 Å². The molecule has 102 valence electrons. The fourth-order valence-electron chi connectivity index (χ4n) is 1.45. The molecule has 0 radical (unpaired) electrons. The van der Waals surface area contributed by atoms with Gasteiger partial charge in [-0.05, 0) is 27.7 Å². The maximum absolute atomic E-state index is 11.4. The molecule has 3 amide bonds. The van der Waals surface area contributed by atoms with Crippen molar-refractivity contribution in [2.24, 2.45) is 0 Å². The molecule has 0 aliphatic carbocycles. The lowest BCUT2D eigenvalue weighted by atomic mass is 10.3. The van der Waals surface area contributed by atoms with E-state index in [4.69, 9.17) is 9.47 Å². The molecule has 6 nitrogen and oxygen atoms in total. The Kier molecular flexibility index (Phi) is 4.86. The lowest BCUT2D eigenvalue weighted by Gasteiger charge is -2.17. The Labute approximate surface area is 107 Å². The lowest BCUT2D eigenvalue weighted by molar-refractivity contribution is -0.137. The highest BCUT2D eigenvalue weighted by atomic mass is 16.7. The van der Waals surface area contributed by atoms with Gasteiger partial charge in [0.1, 0.15) is 6.10 Å². The molecule has 18 heavy (non-hydrogen) atoms. The lowest BCUT2D eigenvalue weighted by Crippen LogP contribution is -2.43. The van der Waals surface area contributed by atoms with Crippen molar-refractivity contribution in [1.82, 2.24) is 10.6 Å². The SMILES string of the molecule is C/C=C(\C)C(=O)NC(=O)NCC1COC(C)(C)O1. The van der Waals surface area contributed by atoms with Gasteiger partial charge < -0.3 is 14.8 Å². The van der Waals surface area contributed by atoms with Crippen molar-refractivity contribution < 1.29 is 19.1 Å². The quantitative estimate of drug-likeness (QED) is 0.736. The minimum absolute atomic E-state index is 0.191. The molecule has 0 aromatic heterocycles. The predicted octanol–water partition coefficient (Wildman–Crippen LogP) is 0.930. The average molecular weight is 256 g/mol. The van der Waals surface area contributed by atoms with Crippen LogP contribution in [0.3, 0.4) is 0 Å². The van der Waals surface area contributed by atoms with Gasteiger partial charge in [-0.3, -0.25) is 10.1 Å². The molecule has 1 aliphatic heterocycles. The highest BCUT2D eigenvalue weighted by Crippen LogP contribution is 2.21. The molecule has 6 heteroatoms. The number of carbonyl (C=O) groups excluding carboxylic acids is 2. The summed E-state index contributed by atoms with van der Waals surface area (Å²) in [5, 5.41) is 4.79. The van der Waals surface area contributed by atoms with E-state index in [1.165, 1.54) is 0 Å². The van der Waals surface area contributed by atoms with Gasteiger partial charge in [-0.25, -0.2) is 4.79 Å². The van der Waals surface area contributed by atoms with Gasteiger partial charge in [0.2, 0.25) is 0 Å². The zero-order chi connectivity index (χ0) is 13.8. The van der Waals surface area contributed by atoms with Crippen LogP contribution in [0.15, 0.2) is 11.6 Å². The molecular formula is C12H20N2O4. The molecule has 1 rings (SSSR count). The number of carbonyl (C=O) groups is 2. The fraction of sp³-hybridized carbons (Fsp3) is 0.667. The topological polar surface area (TPSA) is 76.7 Å². The van der Waals surface area contributed by atoms with Crippen LogP contribution in [0.25, 0.3) is 0 Å². The molecule has 1 saturated heterocycles. The summed E-state index contributed by atoms with van der Waals surface area (Å²) < 4.78 is 10.9. The predicted molar refractivity (Wildman–Crippen MR) is 65.9 cm³/mol. The van der Waals surface area contributed by atoms with Gasteiger partial charge in [0, 0.05) is 12.1 Å². The van der Waals surface area contributed by atoms with Crippen molar-refractivity contribution in [3.05, 3.63) is 11.6 Å². The number of amides is 3. The summed E-state index contributed by atoms with van der Waals surface area (Å²) in [5.41, 5.74) is 0.492. The van der Waals surface area contributed by atoms with Crippen molar-refractivity contribution in [2.75, 3.05) is 13.2 Å². The summed E-state index contributed by atoms with van der Waals surface area (Å²) in [4.78, 5) is 22.8. The smallest absolute Gasteiger partial charge is 0.321 e. The summed E-state index contributed by atoms with van der Waals surface area (Å²) >= 11 is 0. The molecule has 1 heterocycles. The number of allylic oxidation sites excluding steroid dienone is 1. The molecule has 1 unspecified atom stereocenters. The molecule has 0 spiro atoms. The maximum Gasteiger partial charge on any atom is 0.321 e. The minimum atomic E-state index is -0.611. The second-order valence-electron chi connectivity index (χ2n) is 4.59. The van der Waals surface area contributed by atoms with Crippen molar-refractivity contribution in [2.45, 2.75) is 39.6 Å². The molecule has 2 N–H and O–H groups in total. The number of hydrogen-bond donors (Lipinski definition) is 2. The molecule has 1 aliphatic rings. The third-order valence-corrected chi connectivity index (χ3v) is 2.58. The van der Waals surface area contributed by atoms with Gasteiger partial charge in [-0.15, -0.1) is 0 Å². The fourth-order valence-corrected chi connectivity index (χ4v) is 1.45. The van der Waals surface area contributed by atoms with Crippen LogP contribution < -0.4 is 10.6 Å². The van der Waals surface area contributed by atoms with Gasteiger partial charge in [-0.2, -0.15) is 0 Å². The molecule has 1 fully saturated rings. The standard InChI is InChI=1S/C12H20N2O4/c1-5-8(2)10(15)14-11(16)13-6-9-7-17-12(3,4)18-9/h5,9H,6-7H2,1-4H3,(H2,13,14,15,16)/b8-5+. The van der Waals surface area contributed by atoms with Gasteiger partial charge >= 0.3 is 6.03 Å². The molecule has 0 bridgehead atoms. The first-order chi connectivity index (χ1) is 8.34. The number of urea groups is 1. The zero-order valence-corrected chi connectivity index (χ0v) is 11.2. The summed E-state index contributed by atoms with van der Waals surface area (Å²) in [6.45, 7) is 7.72. The Morgan fingerprint density at radius 2 is 2.11 bits per heavy atom. The number of hydrogen-bond acceptors (Lipinski definition) is 4. The monoisotopic (exact) mass is 256 g/mol. The zero-order valence-electron chi connectivity index (χ0n) is 11.2. The Morgan fingerprint density at radius 1 is 1.44 bits per heavy atom. The summed E-state index contributed by atoms with van der Waals surface area (Å²) in [5.74, 6) is -1.01. The molecular weight excluding hydrogens is 236 g/mol. The summed E-state index contributed by atoms with van der Waals surface area (Å²) in [7, 11) is 0. The summed E-state index contributed by atoms with van der Waals surface area (Å²) in [6, 6.07) is -0.533. The van der Waals surface area contributed by atoms with Crippen molar-refractivity contribution in [3.63, 3.8) is 0 Å². The van der Waals surface area contributed by atoms with Gasteiger partial charge in [0.15, 0.2) is 5.79 Å². The molecule has 1 atom stereocenters. The second-order valence-corrected chi connectivity index (χ2v) is 4.59. The van der Waals surface area contributed by atoms with E-state index in [9.17, 15) is 9.59 Å². The van der Waals surface area contributed by atoms with E-state index < -0.39 is 17.7 Å². The van der Waals surface area contributed by atoms with Crippen LogP contribution >= 0.6 is 0 Å². The third-order valence-electron chi connectivity index (χ3n) is 2.58. The van der Waals surface area contributed by atoms with E-state index in [0.29, 0.717) is 18.7 Å². The second kappa shape index (κ2) is 5.97. The average Bonchev–Trinajstić information content (AvgIpc) is 2.65. The highest BCUT2D eigenvalue weighted by Gasteiger charge is 2.32. The minimum Gasteiger partial charge on any atom is -0.348 e. The first-order valence-electron chi connectivity index (χ1n) is 5.88. The normalized spacial score (nSPS) is 22.7. The number of rotatable bonds is 3. The third kappa shape index (κ3) is 4.46. The van der Waals surface area contributed by atoms with E-state index in [-0.39, 0.29) is 6.10 Å². The first-order valence-corrected chi connectivity index (χ1v) is 5.88. The van der Waals surface area contributed by atoms with E-state index in [0.717, 1.165) is 0 Å². The largest absolute Gasteiger partial charge is 0.348 e. The highest BCUT2D eigenvalue weighted by molar-refractivity contribution is 6.03.